The molecule has 0 saturated carbocycles. The summed E-state index contributed by atoms with van der Waals surface area (Å²) in [5, 5.41) is 13.7. The van der Waals surface area contributed by atoms with E-state index in [1.54, 1.807) is 17.9 Å². The fourth-order valence-electron chi connectivity index (χ4n) is 3.71. The standard InChI is InChI=1S/C21H18N4O3S/c1-27-17-7-5-16(6-8-17)25-21(22-23-24-25)29-12-15-11-20(26)28-19-10-14-4-2-3-13(14)9-18(15)19/h5-11H,2-4,12H2,1H3. The minimum absolute atomic E-state index is 0.333. The predicted molar refractivity (Wildman–Crippen MR) is 110 cm³/mol. The Morgan fingerprint density at radius 2 is 1.93 bits per heavy atom. The van der Waals surface area contributed by atoms with E-state index < -0.39 is 0 Å². The van der Waals surface area contributed by atoms with Gasteiger partial charge < -0.3 is 9.15 Å². The summed E-state index contributed by atoms with van der Waals surface area (Å²) in [4.78, 5) is 12.1. The van der Waals surface area contributed by atoms with E-state index in [-0.39, 0.29) is 5.63 Å². The lowest BCUT2D eigenvalue weighted by atomic mass is 10.0. The molecule has 0 N–H and O–H groups in total. The Morgan fingerprint density at radius 1 is 1.14 bits per heavy atom. The molecule has 0 atom stereocenters. The molecule has 0 amide bonds. The smallest absolute Gasteiger partial charge is 0.336 e. The lowest BCUT2D eigenvalue weighted by Crippen LogP contribution is -2.02. The van der Waals surface area contributed by atoms with Crippen LogP contribution >= 0.6 is 11.8 Å². The Kier molecular flexibility index (Phi) is 4.55. The molecule has 2 heterocycles. The second kappa shape index (κ2) is 7.36. The molecule has 2 aromatic heterocycles. The van der Waals surface area contributed by atoms with Gasteiger partial charge in [-0.2, -0.15) is 4.68 Å². The summed E-state index contributed by atoms with van der Waals surface area (Å²) in [5.74, 6) is 1.34. The molecule has 7 nitrogen and oxygen atoms in total. The molecule has 8 heteroatoms. The summed E-state index contributed by atoms with van der Waals surface area (Å²) in [6.45, 7) is 0. The zero-order valence-electron chi connectivity index (χ0n) is 15.8. The molecule has 5 rings (SSSR count). The maximum atomic E-state index is 12.1. The minimum atomic E-state index is -0.333. The summed E-state index contributed by atoms with van der Waals surface area (Å²) in [6, 6.07) is 13.3. The number of tetrazole rings is 1. The molecular weight excluding hydrogens is 388 g/mol. The highest BCUT2D eigenvalue weighted by Crippen LogP contribution is 2.31. The Balaban J connectivity index is 1.46. The van der Waals surface area contributed by atoms with Gasteiger partial charge in [-0.05, 0) is 82.8 Å². The van der Waals surface area contributed by atoms with E-state index in [1.165, 1.54) is 22.9 Å². The third-order valence-electron chi connectivity index (χ3n) is 5.16. The van der Waals surface area contributed by atoms with Gasteiger partial charge in [-0.15, -0.1) is 5.10 Å². The molecule has 0 radical (unpaired) electrons. The van der Waals surface area contributed by atoms with E-state index in [1.807, 2.05) is 30.3 Å². The van der Waals surface area contributed by atoms with Crippen LogP contribution in [-0.2, 0) is 18.6 Å². The topological polar surface area (TPSA) is 83.0 Å². The summed E-state index contributed by atoms with van der Waals surface area (Å²) in [7, 11) is 1.63. The monoisotopic (exact) mass is 406 g/mol. The van der Waals surface area contributed by atoms with Gasteiger partial charge in [0, 0.05) is 17.2 Å². The minimum Gasteiger partial charge on any atom is -0.497 e. The predicted octanol–water partition coefficient (Wildman–Crippen LogP) is 3.56. The SMILES string of the molecule is COc1ccc(-n2nnnc2SCc2cc(=O)oc3cc4c(cc23)CCC4)cc1. The second-order valence-electron chi connectivity index (χ2n) is 6.92. The third-order valence-corrected chi connectivity index (χ3v) is 6.13. The van der Waals surface area contributed by atoms with Crippen molar-refractivity contribution in [2.45, 2.75) is 30.2 Å². The van der Waals surface area contributed by atoms with Crippen molar-refractivity contribution in [2.24, 2.45) is 0 Å². The van der Waals surface area contributed by atoms with Gasteiger partial charge in [0.2, 0.25) is 5.16 Å². The first-order valence-electron chi connectivity index (χ1n) is 9.35. The quantitative estimate of drug-likeness (QED) is 0.370. The van der Waals surface area contributed by atoms with Gasteiger partial charge >= 0.3 is 5.63 Å². The Morgan fingerprint density at radius 3 is 2.72 bits per heavy atom. The van der Waals surface area contributed by atoms with Crippen molar-refractivity contribution in [1.29, 1.82) is 0 Å². The number of methoxy groups -OCH3 is 1. The molecule has 0 spiro atoms. The number of thioether (sulfide) groups is 1. The van der Waals surface area contributed by atoms with E-state index in [0.29, 0.717) is 16.5 Å². The van der Waals surface area contributed by atoms with Gasteiger partial charge in [0.25, 0.3) is 0 Å². The van der Waals surface area contributed by atoms with Gasteiger partial charge in [0.15, 0.2) is 0 Å². The summed E-state index contributed by atoms with van der Waals surface area (Å²) in [6.07, 6.45) is 3.27. The van der Waals surface area contributed by atoms with Gasteiger partial charge in [0.05, 0.1) is 12.8 Å². The Labute approximate surface area is 170 Å². The maximum absolute atomic E-state index is 12.1. The van der Waals surface area contributed by atoms with Crippen LogP contribution in [0.25, 0.3) is 16.7 Å². The molecule has 0 saturated heterocycles. The molecule has 1 aliphatic carbocycles. The summed E-state index contributed by atoms with van der Waals surface area (Å²) >= 11 is 1.48. The van der Waals surface area contributed by atoms with Gasteiger partial charge in [0.1, 0.15) is 11.3 Å². The van der Waals surface area contributed by atoms with Crippen molar-refractivity contribution in [3.05, 3.63) is 69.6 Å². The molecule has 4 aromatic rings. The van der Waals surface area contributed by atoms with Crippen LogP contribution in [0.5, 0.6) is 5.75 Å². The van der Waals surface area contributed by atoms with E-state index in [2.05, 4.69) is 21.6 Å². The number of benzene rings is 2. The lowest BCUT2D eigenvalue weighted by molar-refractivity contribution is 0.414. The molecule has 0 fully saturated rings. The fraction of sp³-hybridized carbons (Fsp3) is 0.238. The first-order chi connectivity index (χ1) is 14.2. The highest BCUT2D eigenvalue weighted by atomic mass is 32.2. The maximum Gasteiger partial charge on any atom is 0.336 e. The number of rotatable bonds is 5. The fourth-order valence-corrected chi connectivity index (χ4v) is 4.59. The van der Waals surface area contributed by atoms with Crippen molar-refractivity contribution in [1.82, 2.24) is 20.2 Å². The molecule has 29 heavy (non-hydrogen) atoms. The number of fused-ring (bicyclic) bond motifs is 2. The Hall–Kier alpha value is -3.13. The second-order valence-corrected chi connectivity index (χ2v) is 7.86. The van der Waals surface area contributed by atoms with Crippen molar-refractivity contribution < 1.29 is 9.15 Å². The van der Waals surface area contributed by atoms with Crippen LogP contribution in [0, 0.1) is 0 Å². The number of hydrogen-bond acceptors (Lipinski definition) is 7. The number of ether oxygens (including phenoxy) is 1. The molecular formula is C21H18N4O3S. The molecule has 0 aliphatic heterocycles. The molecule has 0 unspecified atom stereocenters. The van der Waals surface area contributed by atoms with Crippen molar-refractivity contribution in [2.75, 3.05) is 7.11 Å². The first kappa shape index (κ1) is 17.9. The Bertz CT molecular complexity index is 1250. The number of aromatic nitrogens is 4. The lowest BCUT2D eigenvalue weighted by Gasteiger charge is -2.08. The van der Waals surface area contributed by atoms with E-state index in [4.69, 9.17) is 9.15 Å². The van der Waals surface area contributed by atoms with Crippen molar-refractivity contribution >= 4 is 22.7 Å². The largest absolute Gasteiger partial charge is 0.497 e. The average Bonchev–Trinajstić information content (AvgIpc) is 3.39. The van der Waals surface area contributed by atoms with Crippen LogP contribution in [0.1, 0.15) is 23.1 Å². The highest BCUT2D eigenvalue weighted by molar-refractivity contribution is 7.98. The molecule has 0 bridgehead atoms. The number of aryl methyl sites for hydroxylation is 2. The van der Waals surface area contributed by atoms with Crippen molar-refractivity contribution in [3.8, 4) is 11.4 Å². The average molecular weight is 406 g/mol. The van der Waals surface area contributed by atoms with Crippen LogP contribution in [0.4, 0.5) is 0 Å². The summed E-state index contributed by atoms with van der Waals surface area (Å²) in [5.41, 5.74) is 4.73. The third kappa shape index (κ3) is 3.40. The highest BCUT2D eigenvalue weighted by Gasteiger charge is 2.16. The summed E-state index contributed by atoms with van der Waals surface area (Å²) < 4.78 is 12.3. The first-order valence-corrected chi connectivity index (χ1v) is 10.3. The van der Waals surface area contributed by atoms with Crippen molar-refractivity contribution in [3.63, 3.8) is 0 Å². The van der Waals surface area contributed by atoms with E-state index in [0.717, 1.165) is 41.6 Å². The number of hydrogen-bond donors (Lipinski definition) is 0. The normalized spacial score (nSPS) is 13.0. The number of nitrogens with zero attached hydrogens (tertiary/aromatic N) is 4. The van der Waals surface area contributed by atoms with Gasteiger partial charge in [-0.1, -0.05) is 11.8 Å². The van der Waals surface area contributed by atoms with Crippen LogP contribution < -0.4 is 10.4 Å². The van der Waals surface area contributed by atoms with Gasteiger partial charge in [-0.3, -0.25) is 0 Å². The van der Waals surface area contributed by atoms with Crippen LogP contribution in [0.15, 0.2) is 56.8 Å². The molecule has 2 aromatic carbocycles. The van der Waals surface area contributed by atoms with Gasteiger partial charge in [-0.25, -0.2) is 4.79 Å². The zero-order chi connectivity index (χ0) is 19.8. The molecule has 1 aliphatic rings. The van der Waals surface area contributed by atoms with Crippen LogP contribution in [-0.4, -0.2) is 27.3 Å². The van der Waals surface area contributed by atoms with Crippen LogP contribution in [0.2, 0.25) is 0 Å². The van der Waals surface area contributed by atoms with Crippen LogP contribution in [0.3, 0.4) is 0 Å². The van der Waals surface area contributed by atoms with E-state index in [9.17, 15) is 4.79 Å². The molecule has 146 valence electrons. The zero-order valence-corrected chi connectivity index (χ0v) is 16.6. The van der Waals surface area contributed by atoms with E-state index >= 15 is 0 Å².